The van der Waals surface area contributed by atoms with Gasteiger partial charge in [0.1, 0.15) is 6.17 Å². The van der Waals surface area contributed by atoms with Gasteiger partial charge in [-0.2, -0.15) is 0 Å². The minimum Gasteiger partial charge on any atom is -0.369 e. The molecule has 238 valence electrons. The lowest BCUT2D eigenvalue weighted by Gasteiger charge is -2.61. The number of carbonyl (C=O) groups is 2. The molecule has 4 saturated heterocycles. The van der Waals surface area contributed by atoms with Crippen LogP contribution < -0.4 is 10.6 Å². The van der Waals surface area contributed by atoms with Crippen LogP contribution in [-0.2, 0) is 14.3 Å². The maximum atomic E-state index is 16.5. The van der Waals surface area contributed by atoms with Crippen LogP contribution in [0.15, 0.2) is 11.8 Å². The molecule has 7 fully saturated rings. The van der Waals surface area contributed by atoms with Gasteiger partial charge in [-0.05, 0) is 82.7 Å². The third-order valence-electron chi connectivity index (χ3n) is 13.1. The highest BCUT2D eigenvalue weighted by Gasteiger charge is 2.61. The van der Waals surface area contributed by atoms with Crippen molar-refractivity contribution >= 4 is 11.7 Å². The number of piperidine rings is 1. The largest absolute Gasteiger partial charge is 0.369 e. The number of alkyl halides is 1. The van der Waals surface area contributed by atoms with Crippen molar-refractivity contribution in [3.8, 4) is 0 Å². The maximum absolute atomic E-state index is 16.5. The minimum atomic E-state index is -1.14. The fraction of sp³-hybridized carbons (Fsp3) is 0.882. The summed E-state index contributed by atoms with van der Waals surface area (Å²) in [5.41, 5.74) is 0.239. The molecule has 43 heavy (non-hydrogen) atoms. The van der Waals surface area contributed by atoms with Gasteiger partial charge in [0.15, 0.2) is 5.78 Å². The van der Waals surface area contributed by atoms with Gasteiger partial charge in [-0.25, -0.2) is 4.39 Å². The topological polar surface area (TPSA) is 77.2 Å². The van der Waals surface area contributed by atoms with Gasteiger partial charge >= 0.3 is 0 Å². The highest BCUT2D eigenvalue weighted by molar-refractivity contribution is 6.20. The van der Waals surface area contributed by atoms with Crippen molar-refractivity contribution in [2.45, 2.75) is 126 Å². The van der Waals surface area contributed by atoms with Crippen LogP contribution in [0.1, 0.15) is 77.6 Å². The van der Waals surface area contributed by atoms with E-state index in [1.54, 1.807) is 0 Å². The molecule has 3 aliphatic carbocycles. The molecule has 0 aromatic heterocycles. The summed E-state index contributed by atoms with van der Waals surface area (Å²) in [5, 5.41) is 6.76. The Kier molecular flexibility index (Phi) is 7.84. The second-order valence-electron chi connectivity index (χ2n) is 15.4. The molecule has 9 heteroatoms. The predicted molar refractivity (Wildman–Crippen MR) is 162 cm³/mol. The third-order valence-corrected chi connectivity index (χ3v) is 13.1. The first-order valence-corrected chi connectivity index (χ1v) is 17.8. The van der Waals surface area contributed by atoms with Crippen molar-refractivity contribution < 1.29 is 18.7 Å². The number of rotatable bonds is 5. The van der Waals surface area contributed by atoms with Crippen molar-refractivity contribution in [1.82, 2.24) is 25.3 Å². The second kappa shape index (κ2) is 11.7. The number of hydrogen-bond donors (Lipinski definition) is 2. The zero-order valence-corrected chi connectivity index (χ0v) is 26.0. The van der Waals surface area contributed by atoms with Crippen molar-refractivity contribution in [2.75, 3.05) is 39.3 Å². The van der Waals surface area contributed by atoms with Crippen molar-refractivity contribution in [1.29, 1.82) is 0 Å². The summed E-state index contributed by atoms with van der Waals surface area (Å²) < 4.78 is 23.6. The highest BCUT2D eigenvalue weighted by atomic mass is 19.1. The van der Waals surface area contributed by atoms with Crippen LogP contribution in [0, 0.1) is 23.7 Å². The zero-order chi connectivity index (χ0) is 29.2. The lowest BCUT2D eigenvalue weighted by atomic mass is 9.64. The second-order valence-corrected chi connectivity index (χ2v) is 15.4. The van der Waals surface area contributed by atoms with E-state index in [4.69, 9.17) is 4.74 Å². The Morgan fingerprint density at radius 1 is 1.02 bits per heavy atom. The number of morpholine rings is 1. The summed E-state index contributed by atoms with van der Waals surface area (Å²) in [6, 6.07) is 0.598. The fourth-order valence-electron chi connectivity index (χ4n) is 10.9. The van der Waals surface area contributed by atoms with Gasteiger partial charge in [-0.15, -0.1) is 0 Å². The van der Waals surface area contributed by atoms with E-state index in [9.17, 15) is 9.59 Å². The Morgan fingerprint density at radius 3 is 2.63 bits per heavy atom. The van der Waals surface area contributed by atoms with Gasteiger partial charge < -0.3 is 20.3 Å². The molecule has 0 spiro atoms. The Morgan fingerprint density at radius 2 is 1.84 bits per heavy atom. The first-order valence-electron chi connectivity index (χ1n) is 17.8. The number of likely N-dealkylation sites (tertiary alicyclic amines) is 2. The number of Topliss-reactive ketones (excluding diaryl/α,β-unsaturated/α-hetero) is 1. The van der Waals surface area contributed by atoms with Crippen LogP contribution in [0.25, 0.3) is 0 Å². The number of amides is 1. The predicted octanol–water partition coefficient (Wildman–Crippen LogP) is 2.87. The van der Waals surface area contributed by atoms with Crippen LogP contribution in [0.5, 0.6) is 0 Å². The molecule has 8 nitrogen and oxygen atoms in total. The molecule has 0 aromatic rings. The molecule has 0 radical (unpaired) electrons. The fourth-order valence-corrected chi connectivity index (χ4v) is 10.9. The van der Waals surface area contributed by atoms with Crippen LogP contribution in [-0.4, -0.2) is 114 Å². The summed E-state index contributed by atoms with van der Waals surface area (Å²) in [6.07, 6.45) is 12.6. The van der Waals surface area contributed by atoms with E-state index in [1.807, 2.05) is 6.20 Å². The molecule has 8 aliphatic rings. The van der Waals surface area contributed by atoms with Gasteiger partial charge in [0.05, 0.1) is 35.9 Å². The first-order chi connectivity index (χ1) is 21.0. The Labute approximate surface area is 256 Å². The van der Waals surface area contributed by atoms with E-state index in [0.29, 0.717) is 36.4 Å². The molecular weight excluding hydrogens is 545 g/mol. The lowest BCUT2D eigenvalue weighted by Crippen LogP contribution is -2.73. The number of hydrogen-bond acceptors (Lipinski definition) is 7. The molecular formula is C34H52FN5O3. The number of ketones is 1. The molecule has 5 heterocycles. The zero-order valence-electron chi connectivity index (χ0n) is 26.0. The molecule has 3 saturated carbocycles. The Balaban J connectivity index is 1.08. The van der Waals surface area contributed by atoms with Gasteiger partial charge in [-0.1, -0.05) is 25.7 Å². The number of fused-ring (bicyclic) bond motifs is 4. The normalized spacial score (nSPS) is 46.4. The maximum Gasteiger partial charge on any atom is 0.256 e. The summed E-state index contributed by atoms with van der Waals surface area (Å²) >= 11 is 0. The van der Waals surface area contributed by atoms with E-state index in [-0.39, 0.29) is 54.0 Å². The van der Waals surface area contributed by atoms with Crippen LogP contribution >= 0.6 is 0 Å². The monoisotopic (exact) mass is 597 g/mol. The van der Waals surface area contributed by atoms with E-state index in [2.05, 4.69) is 32.3 Å². The van der Waals surface area contributed by atoms with Gasteiger partial charge in [0, 0.05) is 50.4 Å². The number of carbonyl (C=O) groups excluding carboxylic acids is 2. The summed E-state index contributed by atoms with van der Waals surface area (Å²) in [6.45, 7) is 7.45. The molecule has 0 bridgehead atoms. The quantitative estimate of drug-likeness (QED) is 0.472. The summed E-state index contributed by atoms with van der Waals surface area (Å²) in [7, 11) is 0. The van der Waals surface area contributed by atoms with E-state index in [0.717, 1.165) is 45.6 Å². The number of ether oxygens (including phenoxy) is 1. The van der Waals surface area contributed by atoms with Crippen molar-refractivity contribution in [3.63, 3.8) is 0 Å². The van der Waals surface area contributed by atoms with Crippen molar-refractivity contribution in [3.05, 3.63) is 11.8 Å². The first kappa shape index (κ1) is 28.9. The number of nitrogens with zero attached hydrogens (tertiary/aromatic N) is 3. The molecule has 1 amide bonds. The van der Waals surface area contributed by atoms with Gasteiger partial charge in [-0.3, -0.25) is 19.4 Å². The van der Waals surface area contributed by atoms with Crippen LogP contribution in [0.3, 0.4) is 0 Å². The molecule has 12 atom stereocenters. The Hall–Kier alpha value is -1.55. The SMILES string of the molecule is CC1CCCN1CCNC(=O)C1=CN2C3CC4CCCCC4CC3OC3C(N4CC5CCCNC5C4)C(F)CC(C1=O)C32. The standard InChI is InChI=1S/C34H52FN5O3/c1-20-6-5-12-38(20)13-11-37-34(42)25-18-40-28-14-21-7-2-3-8-22(21)15-29(28)43-33-30(40)24(32(25)41)16-26(35)31(33)39-17-23-9-4-10-36-27(23)19-39/h18,20-24,26-31,33,36H,2-17,19H2,1H3,(H,37,42). The van der Waals surface area contributed by atoms with E-state index >= 15 is 4.39 Å². The van der Waals surface area contributed by atoms with E-state index < -0.39 is 12.1 Å². The van der Waals surface area contributed by atoms with Gasteiger partial charge in [0.25, 0.3) is 5.91 Å². The van der Waals surface area contributed by atoms with Crippen molar-refractivity contribution in [2.24, 2.45) is 23.7 Å². The summed E-state index contributed by atoms with van der Waals surface area (Å²) in [5.74, 6) is 0.929. The molecule has 2 N–H and O–H groups in total. The number of nitrogens with one attached hydrogen (secondary N) is 2. The molecule has 5 aliphatic heterocycles. The minimum absolute atomic E-state index is 0.0301. The third kappa shape index (κ3) is 5.08. The van der Waals surface area contributed by atoms with Crippen LogP contribution in [0.4, 0.5) is 4.39 Å². The molecule has 0 aromatic carbocycles. The molecule has 8 rings (SSSR count). The van der Waals surface area contributed by atoms with Gasteiger partial charge in [0.2, 0.25) is 0 Å². The smallest absolute Gasteiger partial charge is 0.256 e. The number of halogens is 1. The average Bonchev–Trinajstić information content (AvgIpc) is 3.62. The molecule has 12 unspecified atom stereocenters. The summed E-state index contributed by atoms with van der Waals surface area (Å²) in [4.78, 5) is 34.8. The Bertz CT molecular complexity index is 1110. The highest BCUT2D eigenvalue weighted by Crippen LogP contribution is 2.51. The van der Waals surface area contributed by atoms with Crippen LogP contribution in [0.2, 0.25) is 0 Å². The lowest BCUT2D eigenvalue weighted by molar-refractivity contribution is -0.219. The average molecular weight is 598 g/mol. The van der Waals surface area contributed by atoms with E-state index in [1.165, 1.54) is 51.4 Å².